The summed E-state index contributed by atoms with van der Waals surface area (Å²) in [5.41, 5.74) is 8.12. The van der Waals surface area contributed by atoms with E-state index in [1.807, 2.05) is 32.9 Å². The first-order valence-electron chi connectivity index (χ1n) is 6.60. The van der Waals surface area contributed by atoms with Crippen LogP contribution in [0.5, 0.6) is 0 Å². The highest BCUT2D eigenvalue weighted by molar-refractivity contribution is 5.24. The Bertz CT molecular complexity index is 356. The number of hydrogen-bond donors (Lipinski definition) is 1. The van der Waals surface area contributed by atoms with Gasteiger partial charge in [0.15, 0.2) is 0 Å². The van der Waals surface area contributed by atoms with Crippen molar-refractivity contribution in [3.63, 3.8) is 0 Å². The highest BCUT2D eigenvalue weighted by atomic mass is 19.1. The largest absolute Gasteiger partial charge is 0.330 e. The summed E-state index contributed by atoms with van der Waals surface area (Å²) in [5.74, 6) is -0.112. The molecule has 1 aromatic rings. The molecule has 1 aliphatic carbocycles. The minimum atomic E-state index is -0.112. The predicted octanol–water partition coefficient (Wildman–Crippen LogP) is 3.83. The first-order chi connectivity index (χ1) is 8.15. The SMILES string of the molecule is CC.Cc1cc(CCC2(CN)CC2)ccc1F. The topological polar surface area (TPSA) is 26.0 Å². The maximum Gasteiger partial charge on any atom is 0.126 e. The Kier molecular flexibility index (Phi) is 5.13. The quantitative estimate of drug-likeness (QED) is 0.846. The molecule has 1 nitrogen and oxygen atoms in total. The minimum Gasteiger partial charge on any atom is -0.330 e. The van der Waals surface area contributed by atoms with E-state index in [0.29, 0.717) is 5.41 Å². The first-order valence-corrected chi connectivity index (χ1v) is 6.60. The molecule has 0 heterocycles. The van der Waals surface area contributed by atoms with Crippen LogP contribution >= 0.6 is 0 Å². The van der Waals surface area contributed by atoms with E-state index >= 15 is 0 Å². The summed E-state index contributed by atoms with van der Waals surface area (Å²) in [4.78, 5) is 0. The smallest absolute Gasteiger partial charge is 0.126 e. The van der Waals surface area contributed by atoms with E-state index in [0.717, 1.165) is 24.9 Å². The van der Waals surface area contributed by atoms with Gasteiger partial charge in [-0.15, -0.1) is 0 Å². The third kappa shape index (κ3) is 3.81. The Morgan fingerprint density at radius 3 is 2.41 bits per heavy atom. The Hall–Kier alpha value is -0.890. The van der Waals surface area contributed by atoms with Gasteiger partial charge in [0.25, 0.3) is 0 Å². The second-order valence-electron chi connectivity index (χ2n) is 4.79. The van der Waals surface area contributed by atoms with Crippen molar-refractivity contribution in [2.45, 2.75) is 46.5 Å². The van der Waals surface area contributed by atoms with Crippen LogP contribution in [0.1, 0.15) is 44.2 Å². The number of benzene rings is 1. The lowest BCUT2D eigenvalue weighted by atomic mass is 9.96. The van der Waals surface area contributed by atoms with Gasteiger partial charge in [-0.2, -0.15) is 0 Å². The molecule has 0 aliphatic heterocycles. The van der Waals surface area contributed by atoms with Crippen LogP contribution in [-0.4, -0.2) is 6.54 Å². The molecule has 1 fully saturated rings. The predicted molar refractivity (Wildman–Crippen MR) is 71.5 cm³/mol. The molecule has 0 bridgehead atoms. The van der Waals surface area contributed by atoms with Crippen molar-refractivity contribution in [1.29, 1.82) is 0 Å². The zero-order chi connectivity index (χ0) is 12.9. The summed E-state index contributed by atoms with van der Waals surface area (Å²) in [6.45, 7) is 6.61. The second kappa shape index (κ2) is 6.15. The van der Waals surface area contributed by atoms with Gasteiger partial charge in [-0.05, 0) is 61.8 Å². The molecule has 2 heteroatoms. The van der Waals surface area contributed by atoms with Gasteiger partial charge in [-0.1, -0.05) is 26.0 Å². The van der Waals surface area contributed by atoms with Crippen LogP contribution < -0.4 is 5.73 Å². The third-order valence-electron chi connectivity index (χ3n) is 3.56. The van der Waals surface area contributed by atoms with E-state index in [2.05, 4.69) is 0 Å². The highest BCUT2D eigenvalue weighted by Crippen LogP contribution is 2.48. The van der Waals surface area contributed by atoms with E-state index in [1.165, 1.54) is 18.4 Å². The molecule has 1 saturated carbocycles. The fraction of sp³-hybridized carbons (Fsp3) is 0.600. The summed E-state index contributed by atoms with van der Waals surface area (Å²) in [6.07, 6.45) is 4.71. The van der Waals surface area contributed by atoms with Crippen LogP contribution in [0, 0.1) is 18.2 Å². The summed E-state index contributed by atoms with van der Waals surface area (Å²) >= 11 is 0. The van der Waals surface area contributed by atoms with Crippen LogP contribution in [-0.2, 0) is 6.42 Å². The molecule has 1 aromatic carbocycles. The fourth-order valence-electron chi connectivity index (χ4n) is 2.00. The molecule has 0 radical (unpaired) electrons. The normalized spacial score (nSPS) is 16.1. The molecular weight excluding hydrogens is 213 g/mol. The van der Waals surface area contributed by atoms with Gasteiger partial charge < -0.3 is 5.73 Å². The van der Waals surface area contributed by atoms with Crippen molar-refractivity contribution in [2.75, 3.05) is 6.54 Å². The lowest BCUT2D eigenvalue weighted by Crippen LogP contribution is -2.16. The van der Waals surface area contributed by atoms with Crippen molar-refractivity contribution in [3.8, 4) is 0 Å². The second-order valence-corrected chi connectivity index (χ2v) is 4.79. The van der Waals surface area contributed by atoms with Crippen LogP contribution in [0.2, 0.25) is 0 Å². The van der Waals surface area contributed by atoms with Gasteiger partial charge in [0.1, 0.15) is 5.82 Å². The molecule has 2 N–H and O–H groups in total. The Morgan fingerprint density at radius 1 is 1.29 bits per heavy atom. The van der Waals surface area contributed by atoms with Crippen LogP contribution in [0.15, 0.2) is 18.2 Å². The number of hydrogen-bond acceptors (Lipinski definition) is 1. The Morgan fingerprint density at radius 2 is 1.94 bits per heavy atom. The van der Waals surface area contributed by atoms with E-state index in [9.17, 15) is 4.39 Å². The summed E-state index contributed by atoms with van der Waals surface area (Å²) in [5, 5.41) is 0. The van der Waals surface area contributed by atoms with Crippen molar-refractivity contribution in [2.24, 2.45) is 11.1 Å². The number of rotatable bonds is 4. The van der Waals surface area contributed by atoms with Gasteiger partial charge in [0.2, 0.25) is 0 Å². The van der Waals surface area contributed by atoms with Crippen molar-refractivity contribution >= 4 is 0 Å². The van der Waals surface area contributed by atoms with Crippen molar-refractivity contribution in [1.82, 2.24) is 0 Å². The summed E-state index contributed by atoms with van der Waals surface area (Å²) in [7, 11) is 0. The molecular formula is C15H24FN. The lowest BCUT2D eigenvalue weighted by molar-refractivity contribution is 0.478. The average molecular weight is 237 g/mol. The maximum atomic E-state index is 13.0. The van der Waals surface area contributed by atoms with Gasteiger partial charge >= 0.3 is 0 Å². The maximum absolute atomic E-state index is 13.0. The summed E-state index contributed by atoms with van der Waals surface area (Å²) < 4.78 is 13.0. The molecule has 2 rings (SSSR count). The van der Waals surface area contributed by atoms with E-state index in [1.54, 1.807) is 6.07 Å². The zero-order valence-corrected chi connectivity index (χ0v) is 11.2. The van der Waals surface area contributed by atoms with Crippen LogP contribution in [0.3, 0.4) is 0 Å². The molecule has 0 aromatic heterocycles. The van der Waals surface area contributed by atoms with Gasteiger partial charge in [0, 0.05) is 0 Å². The molecule has 1 aliphatic rings. The lowest BCUT2D eigenvalue weighted by Gasteiger charge is -2.11. The fourth-order valence-corrected chi connectivity index (χ4v) is 2.00. The summed E-state index contributed by atoms with van der Waals surface area (Å²) in [6, 6.07) is 5.39. The monoisotopic (exact) mass is 237 g/mol. The van der Waals surface area contributed by atoms with Crippen LogP contribution in [0.4, 0.5) is 4.39 Å². The molecule has 0 amide bonds. The highest BCUT2D eigenvalue weighted by Gasteiger charge is 2.40. The van der Waals surface area contributed by atoms with Crippen molar-refractivity contribution in [3.05, 3.63) is 35.1 Å². The third-order valence-corrected chi connectivity index (χ3v) is 3.56. The molecule has 0 atom stereocenters. The molecule has 0 saturated heterocycles. The number of aryl methyl sites for hydroxylation is 2. The standard InChI is InChI=1S/C13H18FN.C2H6/c1-10-8-11(2-3-12(10)14)4-5-13(9-15)6-7-13;1-2/h2-3,8H,4-7,9,15H2,1H3;1-2H3. The Balaban J connectivity index is 0.000000686. The first kappa shape index (κ1) is 14.2. The zero-order valence-electron chi connectivity index (χ0n) is 11.2. The van der Waals surface area contributed by atoms with Gasteiger partial charge in [-0.25, -0.2) is 4.39 Å². The van der Waals surface area contributed by atoms with Gasteiger partial charge in [0.05, 0.1) is 0 Å². The van der Waals surface area contributed by atoms with Crippen molar-refractivity contribution < 1.29 is 4.39 Å². The van der Waals surface area contributed by atoms with E-state index < -0.39 is 0 Å². The molecule has 96 valence electrons. The Labute approximate surface area is 104 Å². The van der Waals surface area contributed by atoms with Crippen LogP contribution in [0.25, 0.3) is 0 Å². The average Bonchev–Trinajstić information content (AvgIpc) is 3.14. The van der Waals surface area contributed by atoms with Gasteiger partial charge in [-0.3, -0.25) is 0 Å². The minimum absolute atomic E-state index is 0.112. The van der Waals surface area contributed by atoms with E-state index in [-0.39, 0.29) is 5.82 Å². The number of nitrogens with two attached hydrogens (primary N) is 1. The molecule has 0 unspecified atom stereocenters. The number of halogens is 1. The van der Waals surface area contributed by atoms with E-state index in [4.69, 9.17) is 5.73 Å². The molecule has 0 spiro atoms. The molecule has 17 heavy (non-hydrogen) atoms.